The van der Waals surface area contributed by atoms with Crippen molar-refractivity contribution in [3.63, 3.8) is 0 Å². The van der Waals surface area contributed by atoms with Crippen molar-refractivity contribution in [2.24, 2.45) is 0 Å². The SMILES string of the molecule is CCCCCCCCCCc1ccc(OCCCOC(=O)CCCC[N+](C)(C)Cc2ccccc2)cc1. The maximum atomic E-state index is 12.0. The first kappa shape index (κ1) is 30.9. The van der Waals surface area contributed by atoms with Crippen LogP contribution >= 0.6 is 0 Å². The van der Waals surface area contributed by atoms with E-state index in [1.807, 2.05) is 0 Å². The second kappa shape index (κ2) is 18.8. The number of unbranched alkanes of at least 4 members (excludes halogenated alkanes) is 8. The van der Waals surface area contributed by atoms with Crippen molar-refractivity contribution < 1.29 is 18.8 Å². The predicted octanol–water partition coefficient (Wildman–Crippen LogP) is 8.13. The zero-order valence-electron chi connectivity index (χ0n) is 23.9. The third-order valence-electron chi connectivity index (χ3n) is 6.91. The van der Waals surface area contributed by atoms with Crippen LogP contribution in [0.15, 0.2) is 54.6 Å². The van der Waals surface area contributed by atoms with Crippen LogP contribution in [0.1, 0.15) is 95.1 Å². The normalized spacial score (nSPS) is 11.4. The molecule has 206 valence electrons. The maximum Gasteiger partial charge on any atom is 0.305 e. The average Bonchev–Trinajstić information content (AvgIpc) is 2.89. The lowest BCUT2D eigenvalue weighted by molar-refractivity contribution is -0.903. The summed E-state index contributed by atoms with van der Waals surface area (Å²) in [6.07, 6.45) is 15.1. The molecule has 0 aliphatic carbocycles. The van der Waals surface area contributed by atoms with Gasteiger partial charge in [-0.25, -0.2) is 0 Å². The Labute approximate surface area is 227 Å². The van der Waals surface area contributed by atoms with Gasteiger partial charge in [-0.1, -0.05) is 94.3 Å². The number of esters is 1. The minimum Gasteiger partial charge on any atom is -0.493 e. The molecular formula is C33H52NO3+. The van der Waals surface area contributed by atoms with E-state index in [-0.39, 0.29) is 5.97 Å². The van der Waals surface area contributed by atoms with Gasteiger partial charge in [-0.05, 0) is 43.4 Å². The van der Waals surface area contributed by atoms with E-state index in [1.165, 1.54) is 62.5 Å². The smallest absolute Gasteiger partial charge is 0.305 e. The lowest BCUT2D eigenvalue weighted by Crippen LogP contribution is -2.39. The summed E-state index contributed by atoms with van der Waals surface area (Å²) in [5.41, 5.74) is 2.73. The molecule has 4 nitrogen and oxygen atoms in total. The van der Waals surface area contributed by atoms with E-state index in [1.54, 1.807) is 0 Å². The van der Waals surface area contributed by atoms with E-state index in [0.29, 0.717) is 26.1 Å². The van der Waals surface area contributed by atoms with Gasteiger partial charge in [0.1, 0.15) is 12.3 Å². The highest BCUT2D eigenvalue weighted by Gasteiger charge is 2.15. The fourth-order valence-electron chi connectivity index (χ4n) is 4.69. The number of quaternary nitrogens is 1. The van der Waals surface area contributed by atoms with Gasteiger partial charge in [0.2, 0.25) is 0 Å². The van der Waals surface area contributed by atoms with Crippen molar-refractivity contribution in [3.8, 4) is 5.75 Å². The molecule has 0 spiro atoms. The van der Waals surface area contributed by atoms with Gasteiger partial charge in [-0.2, -0.15) is 0 Å². The second-order valence-corrected chi connectivity index (χ2v) is 11.1. The molecule has 0 aliphatic heterocycles. The third-order valence-corrected chi connectivity index (χ3v) is 6.91. The van der Waals surface area contributed by atoms with E-state index in [4.69, 9.17) is 9.47 Å². The molecule has 0 radical (unpaired) electrons. The first-order chi connectivity index (χ1) is 18.0. The van der Waals surface area contributed by atoms with Gasteiger partial charge in [0, 0.05) is 18.4 Å². The number of ether oxygens (including phenoxy) is 2. The molecule has 0 saturated carbocycles. The van der Waals surface area contributed by atoms with Crippen molar-refractivity contribution in [2.75, 3.05) is 33.9 Å². The lowest BCUT2D eigenvalue weighted by Gasteiger charge is -2.30. The number of hydrogen-bond acceptors (Lipinski definition) is 3. The zero-order chi connectivity index (χ0) is 26.6. The molecule has 2 aromatic rings. The van der Waals surface area contributed by atoms with Crippen LogP contribution < -0.4 is 4.74 Å². The molecule has 0 atom stereocenters. The summed E-state index contributed by atoms with van der Waals surface area (Å²) in [4.78, 5) is 12.0. The number of rotatable bonds is 21. The number of carbonyl (C=O) groups excluding carboxylic acids is 1. The quantitative estimate of drug-likeness (QED) is 0.0966. The molecule has 0 N–H and O–H groups in total. The average molecular weight is 511 g/mol. The van der Waals surface area contributed by atoms with Gasteiger partial charge in [0.15, 0.2) is 0 Å². The van der Waals surface area contributed by atoms with Crippen LogP contribution in [0.3, 0.4) is 0 Å². The Morgan fingerprint density at radius 2 is 1.38 bits per heavy atom. The Bertz CT molecular complexity index is 832. The largest absolute Gasteiger partial charge is 0.493 e. The van der Waals surface area contributed by atoms with Crippen molar-refractivity contribution in [3.05, 3.63) is 65.7 Å². The monoisotopic (exact) mass is 510 g/mol. The van der Waals surface area contributed by atoms with Crippen molar-refractivity contribution in [1.82, 2.24) is 0 Å². The van der Waals surface area contributed by atoms with Gasteiger partial charge in [-0.15, -0.1) is 0 Å². The van der Waals surface area contributed by atoms with Crippen molar-refractivity contribution in [2.45, 2.75) is 96.9 Å². The summed E-state index contributed by atoms with van der Waals surface area (Å²) in [5, 5.41) is 0. The van der Waals surface area contributed by atoms with Crippen molar-refractivity contribution in [1.29, 1.82) is 0 Å². The molecule has 2 rings (SSSR count). The highest BCUT2D eigenvalue weighted by molar-refractivity contribution is 5.69. The number of aryl methyl sites for hydroxylation is 1. The molecule has 0 aromatic heterocycles. The molecule has 0 heterocycles. The predicted molar refractivity (Wildman–Crippen MR) is 155 cm³/mol. The van der Waals surface area contributed by atoms with Crippen molar-refractivity contribution >= 4 is 5.97 Å². The molecule has 0 saturated heterocycles. The zero-order valence-corrected chi connectivity index (χ0v) is 23.9. The number of hydrogen-bond donors (Lipinski definition) is 0. The molecule has 4 heteroatoms. The Hall–Kier alpha value is -2.33. The Kier molecular flexibility index (Phi) is 15.7. The minimum atomic E-state index is -0.0984. The van der Waals surface area contributed by atoms with E-state index >= 15 is 0 Å². The molecular weight excluding hydrogens is 458 g/mol. The second-order valence-electron chi connectivity index (χ2n) is 11.1. The standard InChI is InChI=1S/C33H52NO3/c1-4-5-6-7-8-9-10-12-18-30-22-24-32(25-23-30)36-27-17-28-37-33(35)21-15-16-26-34(2,3)29-31-19-13-11-14-20-31/h11,13-14,19-20,22-25H,4-10,12,15-18,21,26-29H2,1-3H3/q+1. The lowest BCUT2D eigenvalue weighted by atomic mass is 10.0. The van der Waals surface area contributed by atoms with E-state index in [9.17, 15) is 4.79 Å². The van der Waals surface area contributed by atoms with Crippen LogP contribution in [0.25, 0.3) is 0 Å². The number of carbonyl (C=O) groups is 1. The molecule has 0 bridgehead atoms. The van der Waals surface area contributed by atoms with Crippen LogP contribution in [-0.4, -0.2) is 44.3 Å². The minimum absolute atomic E-state index is 0.0984. The van der Waals surface area contributed by atoms with Crippen LogP contribution in [0.4, 0.5) is 0 Å². The fourth-order valence-corrected chi connectivity index (χ4v) is 4.69. The molecule has 2 aromatic carbocycles. The van der Waals surface area contributed by atoms with Gasteiger partial charge < -0.3 is 14.0 Å². The van der Waals surface area contributed by atoms with Gasteiger partial charge in [0.05, 0.1) is 33.9 Å². The van der Waals surface area contributed by atoms with E-state index in [2.05, 4.69) is 75.6 Å². The number of benzene rings is 2. The summed E-state index contributed by atoms with van der Waals surface area (Å²) in [6.45, 7) is 5.31. The highest BCUT2D eigenvalue weighted by atomic mass is 16.5. The van der Waals surface area contributed by atoms with Crippen LogP contribution in [-0.2, 0) is 22.5 Å². The van der Waals surface area contributed by atoms with Gasteiger partial charge >= 0.3 is 5.97 Å². The molecule has 0 fully saturated rings. The molecule has 37 heavy (non-hydrogen) atoms. The van der Waals surface area contributed by atoms with Gasteiger partial charge in [0.25, 0.3) is 0 Å². The first-order valence-corrected chi connectivity index (χ1v) is 14.7. The summed E-state index contributed by atoms with van der Waals surface area (Å²) in [7, 11) is 4.49. The highest BCUT2D eigenvalue weighted by Crippen LogP contribution is 2.16. The van der Waals surface area contributed by atoms with Gasteiger partial charge in [-0.3, -0.25) is 4.79 Å². The Morgan fingerprint density at radius 3 is 2.08 bits per heavy atom. The molecule has 0 aliphatic rings. The van der Waals surface area contributed by atoms with E-state index < -0.39 is 0 Å². The maximum absolute atomic E-state index is 12.0. The van der Waals surface area contributed by atoms with Crippen LogP contribution in [0.5, 0.6) is 5.75 Å². The topological polar surface area (TPSA) is 35.5 Å². The fraction of sp³-hybridized carbons (Fsp3) is 0.606. The first-order valence-electron chi connectivity index (χ1n) is 14.7. The summed E-state index contributed by atoms with van der Waals surface area (Å²) in [6, 6.07) is 19.1. The number of nitrogens with zero attached hydrogens (tertiary/aromatic N) is 1. The molecule has 0 unspecified atom stereocenters. The summed E-state index contributed by atoms with van der Waals surface area (Å²) >= 11 is 0. The van der Waals surface area contributed by atoms with E-state index in [0.717, 1.165) is 42.6 Å². The Balaban J connectivity index is 1.45. The Morgan fingerprint density at radius 1 is 0.703 bits per heavy atom. The molecule has 0 amide bonds. The summed E-state index contributed by atoms with van der Waals surface area (Å²) in [5.74, 6) is 0.793. The van der Waals surface area contributed by atoms with Crippen LogP contribution in [0.2, 0.25) is 0 Å². The third kappa shape index (κ3) is 15.5. The summed E-state index contributed by atoms with van der Waals surface area (Å²) < 4.78 is 12.1. The van der Waals surface area contributed by atoms with Crippen LogP contribution in [0, 0.1) is 0 Å².